The Balaban J connectivity index is 1.55. The van der Waals surface area contributed by atoms with E-state index in [1.807, 2.05) is 43.3 Å². The van der Waals surface area contributed by atoms with Crippen LogP contribution < -0.4 is 5.43 Å². The van der Waals surface area contributed by atoms with Crippen molar-refractivity contribution in [2.45, 2.75) is 12.1 Å². The lowest BCUT2D eigenvalue weighted by Gasteiger charge is -2.01. The van der Waals surface area contributed by atoms with E-state index in [4.69, 9.17) is 0 Å². The molecule has 0 radical (unpaired) electrons. The number of rotatable bonds is 5. The van der Waals surface area contributed by atoms with Gasteiger partial charge in [0.2, 0.25) is 0 Å². The number of hydrazone groups is 1. The van der Waals surface area contributed by atoms with Crippen LogP contribution in [0.3, 0.4) is 0 Å². The summed E-state index contributed by atoms with van der Waals surface area (Å²) < 4.78 is 0. The molecular weight excluding hydrogens is 310 g/mol. The Labute approximate surface area is 137 Å². The summed E-state index contributed by atoms with van der Waals surface area (Å²) in [6.45, 7) is 1.82. The molecule has 0 aliphatic heterocycles. The average Bonchev–Trinajstić information content (AvgIpc) is 3.01. The number of nitrogens with zero attached hydrogens (tertiary/aromatic N) is 3. The Morgan fingerprint density at radius 2 is 2.17 bits per heavy atom. The number of pyridine rings is 1. The monoisotopic (exact) mass is 325 g/mol. The molecule has 0 aliphatic rings. The molecule has 2 heterocycles. The van der Waals surface area contributed by atoms with E-state index in [0.29, 0.717) is 10.9 Å². The fraction of sp³-hybridized carbons (Fsp3) is 0.125. The second kappa shape index (κ2) is 7.06. The predicted octanol–water partition coefficient (Wildman–Crippen LogP) is 2.59. The summed E-state index contributed by atoms with van der Waals surface area (Å²) in [4.78, 5) is 23.5. The van der Waals surface area contributed by atoms with E-state index >= 15 is 0 Å². The first kappa shape index (κ1) is 15.2. The summed E-state index contributed by atoms with van der Waals surface area (Å²) in [6.07, 6.45) is 3.40. The van der Waals surface area contributed by atoms with Crippen molar-refractivity contribution in [2.24, 2.45) is 5.10 Å². The van der Waals surface area contributed by atoms with E-state index in [2.05, 4.69) is 25.5 Å². The number of amides is 1. The molecule has 0 atom stereocenters. The molecular formula is C16H15N5OS. The number of hydrogen-bond donors (Lipinski definition) is 2. The first-order valence-corrected chi connectivity index (χ1v) is 8.02. The summed E-state index contributed by atoms with van der Waals surface area (Å²) in [7, 11) is 0. The molecule has 1 aromatic carbocycles. The minimum absolute atomic E-state index is 0.182. The second-order valence-electron chi connectivity index (χ2n) is 4.82. The van der Waals surface area contributed by atoms with Gasteiger partial charge in [-0.05, 0) is 25.1 Å². The number of thioether (sulfide) groups is 1. The van der Waals surface area contributed by atoms with Gasteiger partial charge in [0.25, 0.3) is 5.91 Å². The van der Waals surface area contributed by atoms with Crippen molar-refractivity contribution in [1.29, 1.82) is 0 Å². The van der Waals surface area contributed by atoms with Crippen molar-refractivity contribution in [3.63, 3.8) is 0 Å². The Bertz CT molecular complexity index is 811. The minimum atomic E-state index is -0.182. The van der Waals surface area contributed by atoms with Crippen molar-refractivity contribution < 1.29 is 4.79 Å². The topological polar surface area (TPSA) is 83.0 Å². The second-order valence-corrected chi connectivity index (χ2v) is 5.79. The number of hydrogen-bond acceptors (Lipinski definition) is 5. The highest BCUT2D eigenvalue weighted by Crippen LogP contribution is 2.18. The molecule has 2 aromatic heterocycles. The minimum Gasteiger partial charge on any atom is -0.333 e. The number of fused-ring (bicyclic) bond motifs is 1. The Morgan fingerprint density at radius 3 is 2.96 bits per heavy atom. The zero-order chi connectivity index (χ0) is 16.1. The van der Waals surface area contributed by atoms with Crippen LogP contribution in [0.1, 0.15) is 12.5 Å². The lowest BCUT2D eigenvalue weighted by atomic mass is 10.2. The molecule has 7 heteroatoms. The van der Waals surface area contributed by atoms with Gasteiger partial charge in [-0.2, -0.15) is 5.10 Å². The number of aromatic amines is 1. The van der Waals surface area contributed by atoms with Crippen LogP contribution in [-0.2, 0) is 4.79 Å². The van der Waals surface area contributed by atoms with Crippen molar-refractivity contribution in [2.75, 3.05) is 5.75 Å². The molecule has 0 saturated carbocycles. The molecule has 23 heavy (non-hydrogen) atoms. The third-order valence-corrected chi connectivity index (χ3v) is 4.01. The van der Waals surface area contributed by atoms with Crippen LogP contribution in [0, 0.1) is 0 Å². The predicted molar refractivity (Wildman–Crippen MR) is 91.4 cm³/mol. The van der Waals surface area contributed by atoms with Crippen molar-refractivity contribution in [1.82, 2.24) is 20.4 Å². The van der Waals surface area contributed by atoms with Crippen LogP contribution in [0.15, 0.2) is 59.0 Å². The zero-order valence-electron chi connectivity index (χ0n) is 12.5. The molecule has 0 bridgehead atoms. The Morgan fingerprint density at radius 1 is 1.30 bits per heavy atom. The van der Waals surface area contributed by atoms with E-state index < -0.39 is 0 Å². The van der Waals surface area contributed by atoms with Crippen LogP contribution >= 0.6 is 11.8 Å². The van der Waals surface area contributed by atoms with Gasteiger partial charge in [-0.1, -0.05) is 30.0 Å². The normalized spacial score (nSPS) is 11.6. The molecule has 116 valence electrons. The van der Waals surface area contributed by atoms with Gasteiger partial charge in [0.15, 0.2) is 5.16 Å². The van der Waals surface area contributed by atoms with Gasteiger partial charge in [0, 0.05) is 18.0 Å². The van der Waals surface area contributed by atoms with E-state index in [1.54, 1.807) is 12.4 Å². The number of H-pyrrole nitrogens is 1. The number of carbonyl (C=O) groups excluding carboxylic acids is 1. The van der Waals surface area contributed by atoms with E-state index in [1.165, 1.54) is 11.8 Å². The lowest BCUT2D eigenvalue weighted by molar-refractivity contribution is -0.118. The van der Waals surface area contributed by atoms with Gasteiger partial charge in [-0.3, -0.25) is 9.78 Å². The molecule has 0 spiro atoms. The molecule has 3 rings (SSSR count). The smallest absolute Gasteiger partial charge is 0.250 e. The van der Waals surface area contributed by atoms with Crippen molar-refractivity contribution in [3.8, 4) is 0 Å². The van der Waals surface area contributed by atoms with E-state index in [-0.39, 0.29) is 11.7 Å². The third-order valence-electron chi connectivity index (χ3n) is 3.14. The lowest BCUT2D eigenvalue weighted by Crippen LogP contribution is -2.21. The van der Waals surface area contributed by atoms with Gasteiger partial charge in [0.1, 0.15) is 0 Å². The van der Waals surface area contributed by atoms with Crippen LogP contribution in [0.4, 0.5) is 0 Å². The van der Waals surface area contributed by atoms with Crippen LogP contribution in [0.25, 0.3) is 11.0 Å². The summed E-state index contributed by atoms with van der Waals surface area (Å²) in [5.74, 6) is 0.0580. The summed E-state index contributed by atoms with van der Waals surface area (Å²) in [5.41, 5.74) is 5.97. The van der Waals surface area contributed by atoms with Crippen LogP contribution in [0.2, 0.25) is 0 Å². The third kappa shape index (κ3) is 3.95. The van der Waals surface area contributed by atoms with Crippen LogP contribution in [-0.4, -0.2) is 32.3 Å². The van der Waals surface area contributed by atoms with Crippen LogP contribution in [0.5, 0.6) is 0 Å². The highest BCUT2D eigenvalue weighted by molar-refractivity contribution is 7.99. The summed E-state index contributed by atoms with van der Waals surface area (Å²) >= 11 is 1.34. The highest BCUT2D eigenvalue weighted by atomic mass is 32.2. The highest BCUT2D eigenvalue weighted by Gasteiger charge is 2.06. The molecule has 0 unspecified atom stereocenters. The Hall–Kier alpha value is -2.67. The zero-order valence-corrected chi connectivity index (χ0v) is 13.3. The summed E-state index contributed by atoms with van der Waals surface area (Å²) in [6, 6.07) is 11.5. The van der Waals surface area contributed by atoms with Gasteiger partial charge >= 0.3 is 0 Å². The first-order chi connectivity index (χ1) is 11.2. The fourth-order valence-corrected chi connectivity index (χ4v) is 2.63. The number of para-hydroxylation sites is 2. The number of aromatic nitrogens is 3. The first-order valence-electron chi connectivity index (χ1n) is 7.03. The van der Waals surface area contributed by atoms with Gasteiger partial charge in [-0.25, -0.2) is 10.4 Å². The molecule has 1 amide bonds. The molecule has 0 saturated heterocycles. The molecule has 2 N–H and O–H groups in total. The van der Waals surface area contributed by atoms with Crippen molar-refractivity contribution in [3.05, 3.63) is 54.4 Å². The largest absolute Gasteiger partial charge is 0.333 e. The molecule has 3 aromatic rings. The maximum atomic E-state index is 11.9. The van der Waals surface area contributed by atoms with Gasteiger partial charge < -0.3 is 4.98 Å². The number of nitrogens with one attached hydrogen (secondary N) is 2. The number of benzene rings is 1. The molecule has 0 fully saturated rings. The summed E-state index contributed by atoms with van der Waals surface area (Å²) in [5, 5.41) is 4.80. The van der Waals surface area contributed by atoms with Crippen molar-refractivity contribution >= 4 is 34.4 Å². The van der Waals surface area contributed by atoms with E-state index in [0.717, 1.165) is 16.6 Å². The number of carbonyl (C=O) groups is 1. The van der Waals surface area contributed by atoms with E-state index in [9.17, 15) is 4.79 Å². The average molecular weight is 325 g/mol. The standard InChI is InChI=1S/C16H15N5OS/c1-11(12-5-4-8-17-9-12)20-21-15(22)10-23-16-18-13-6-2-3-7-14(13)19-16/h2-9H,10H2,1H3,(H,18,19)(H,21,22). The Kier molecular flexibility index (Phi) is 4.68. The molecule has 6 nitrogen and oxygen atoms in total. The molecule has 0 aliphatic carbocycles. The SMILES string of the molecule is CC(=NNC(=O)CSc1nc2ccccc2[nH]1)c1cccnc1. The maximum absolute atomic E-state index is 11.9. The maximum Gasteiger partial charge on any atom is 0.250 e. The fourth-order valence-electron chi connectivity index (χ4n) is 1.95. The quantitative estimate of drug-likeness (QED) is 0.429. The van der Waals surface area contributed by atoms with Gasteiger partial charge in [0.05, 0.1) is 22.5 Å². The van der Waals surface area contributed by atoms with Gasteiger partial charge in [-0.15, -0.1) is 0 Å². The number of imidazole rings is 1.